The van der Waals surface area contributed by atoms with Gasteiger partial charge >= 0.3 is 11.9 Å². The van der Waals surface area contributed by atoms with Gasteiger partial charge in [0.15, 0.2) is 0 Å². The van der Waals surface area contributed by atoms with E-state index in [0.29, 0.717) is 0 Å². The van der Waals surface area contributed by atoms with Gasteiger partial charge < -0.3 is 15.3 Å². The predicted molar refractivity (Wildman–Crippen MR) is 28.6 cm³/mol. The molecule has 6 nitrogen and oxygen atoms in total. The van der Waals surface area contributed by atoms with E-state index in [1.807, 2.05) is 0 Å². The van der Waals surface area contributed by atoms with Crippen molar-refractivity contribution in [3.8, 4) is 0 Å². The van der Waals surface area contributed by atoms with E-state index in [2.05, 4.69) is 0 Å². The van der Waals surface area contributed by atoms with Gasteiger partial charge in [-0.05, 0) is 0 Å². The van der Waals surface area contributed by atoms with Crippen molar-refractivity contribution in [2.24, 2.45) is 0 Å². The molecule has 74 valence electrons. The predicted octanol–water partition coefficient (Wildman–Crippen LogP) is -0.758. The summed E-state index contributed by atoms with van der Waals surface area (Å²) < 4.78 is 0. The minimum Gasteiger partial charge on any atom is -0.481 e. The molecule has 0 rings (SSSR count). The summed E-state index contributed by atoms with van der Waals surface area (Å²) in [5, 5.41) is 22.2. The smallest absolute Gasteiger partial charge is 0.414 e. The van der Waals surface area contributed by atoms with Crippen LogP contribution in [0, 0.1) is 0 Å². The Morgan fingerprint density at radius 3 is 1.00 bits per heavy atom. The van der Waals surface area contributed by atoms with Crippen LogP contribution in [-0.2, 0) is 48.2 Å². The molecule has 0 fully saturated rings. The van der Waals surface area contributed by atoms with Gasteiger partial charge in [0, 0.05) is 40.8 Å². The van der Waals surface area contributed by atoms with Gasteiger partial charge in [0.05, 0.1) is 0 Å². The van der Waals surface area contributed by atoms with Gasteiger partial charge in [0.2, 0.25) is 0 Å². The fraction of sp³-hybridized carbons (Fsp3) is 0.250. The van der Waals surface area contributed by atoms with Gasteiger partial charge in [-0.15, -0.1) is 0 Å². The fourth-order valence-corrected chi connectivity index (χ4v) is 0. The Bertz CT molecular complexity index is 142. The molecule has 0 atom stereocenters. The number of aliphatic carboxylic acids is 3. The van der Waals surface area contributed by atoms with Crippen LogP contribution in [0.1, 0.15) is 6.92 Å². The molecule has 2 radical (unpaired) electrons. The van der Waals surface area contributed by atoms with Crippen LogP contribution in [0.3, 0.4) is 0 Å². The van der Waals surface area contributed by atoms with Crippen LogP contribution in [0.2, 0.25) is 0 Å². The van der Waals surface area contributed by atoms with Gasteiger partial charge in [0.1, 0.15) is 0 Å². The maximum atomic E-state index is 9.10. The Balaban J connectivity index is -0.0000000483. The average Bonchev–Trinajstić information content (AvgIpc) is 1.63. The van der Waals surface area contributed by atoms with E-state index in [-0.39, 0.29) is 33.8 Å². The number of hydrogen-bond acceptors (Lipinski definition) is 3. The fourth-order valence-electron chi connectivity index (χ4n) is 0. The summed E-state index contributed by atoms with van der Waals surface area (Å²) in [6, 6.07) is 0. The SMILES string of the molecule is CC(=O)O.O=C(O)C(=O)O.[Co].[Mn]. The maximum Gasteiger partial charge on any atom is 0.414 e. The Morgan fingerprint density at radius 1 is 0.917 bits per heavy atom. The number of rotatable bonds is 0. The van der Waals surface area contributed by atoms with E-state index in [4.69, 9.17) is 29.7 Å². The second kappa shape index (κ2) is 13.1. The maximum absolute atomic E-state index is 9.10. The Morgan fingerprint density at radius 2 is 1.00 bits per heavy atom. The minimum absolute atomic E-state index is 0. The van der Waals surface area contributed by atoms with Crippen molar-refractivity contribution in [3.05, 3.63) is 0 Å². The molecule has 0 aromatic carbocycles. The first-order valence-corrected chi connectivity index (χ1v) is 2.03. The molecule has 0 heterocycles. The summed E-state index contributed by atoms with van der Waals surface area (Å²) in [5.41, 5.74) is 0. The van der Waals surface area contributed by atoms with Gasteiger partial charge in [0.25, 0.3) is 5.97 Å². The van der Waals surface area contributed by atoms with Crippen molar-refractivity contribution in [1.29, 1.82) is 0 Å². The van der Waals surface area contributed by atoms with Crippen LogP contribution < -0.4 is 0 Å². The molecule has 0 aliphatic rings. The molecule has 3 N–H and O–H groups in total. The topological polar surface area (TPSA) is 112 Å². The molecular weight excluding hydrogens is 258 g/mol. The van der Waals surface area contributed by atoms with E-state index in [0.717, 1.165) is 6.92 Å². The Labute approximate surface area is 88.6 Å². The third kappa shape index (κ3) is 56.9. The van der Waals surface area contributed by atoms with Gasteiger partial charge in [-0.25, -0.2) is 9.59 Å². The number of carboxylic acids is 3. The second-order valence-electron chi connectivity index (χ2n) is 1.13. The van der Waals surface area contributed by atoms with Crippen molar-refractivity contribution in [2.75, 3.05) is 0 Å². The minimum atomic E-state index is -1.82. The zero-order valence-corrected chi connectivity index (χ0v) is 8.00. The van der Waals surface area contributed by atoms with Crippen LogP contribution in [0.15, 0.2) is 0 Å². The van der Waals surface area contributed by atoms with Crippen LogP contribution >= 0.6 is 0 Å². The first-order chi connectivity index (χ1) is 4.37. The van der Waals surface area contributed by atoms with Crippen LogP contribution in [0.5, 0.6) is 0 Å². The Kier molecular flexibility index (Phi) is 24.5. The summed E-state index contributed by atoms with van der Waals surface area (Å²) in [6.07, 6.45) is 0. The zero-order chi connectivity index (χ0) is 8.73. The van der Waals surface area contributed by atoms with E-state index in [9.17, 15) is 0 Å². The van der Waals surface area contributed by atoms with Crippen LogP contribution in [-0.4, -0.2) is 33.2 Å². The summed E-state index contributed by atoms with van der Waals surface area (Å²) in [7, 11) is 0. The molecule has 12 heavy (non-hydrogen) atoms. The molecule has 8 heteroatoms. The van der Waals surface area contributed by atoms with Gasteiger partial charge in [-0.3, -0.25) is 4.79 Å². The second-order valence-corrected chi connectivity index (χ2v) is 1.13. The number of carboxylic acid groups (broad SMARTS) is 3. The molecule has 0 saturated carbocycles. The van der Waals surface area contributed by atoms with Crippen LogP contribution in [0.4, 0.5) is 0 Å². The summed E-state index contributed by atoms with van der Waals surface area (Å²) in [5.74, 6) is -4.48. The molecular formula is C4H6CoMnO6. The molecule has 0 amide bonds. The molecule has 0 unspecified atom stereocenters. The van der Waals surface area contributed by atoms with Crippen molar-refractivity contribution >= 4 is 17.9 Å². The quantitative estimate of drug-likeness (QED) is 0.391. The van der Waals surface area contributed by atoms with Crippen molar-refractivity contribution in [2.45, 2.75) is 6.92 Å². The van der Waals surface area contributed by atoms with E-state index < -0.39 is 17.9 Å². The van der Waals surface area contributed by atoms with Gasteiger partial charge in [-0.2, -0.15) is 0 Å². The van der Waals surface area contributed by atoms with E-state index in [1.165, 1.54) is 0 Å². The third-order valence-corrected chi connectivity index (χ3v) is 0.183. The van der Waals surface area contributed by atoms with Crippen LogP contribution in [0.25, 0.3) is 0 Å². The average molecular weight is 264 g/mol. The normalized spacial score (nSPS) is 5.75. The Hall–Kier alpha value is -0.564. The molecule has 0 aliphatic heterocycles. The van der Waals surface area contributed by atoms with Crippen molar-refractivity contribution in [1.82, 2.24) is 0 Å². The number of carbonyl (C=O) groups is 3. The van der Waals surface area contributed by atoms with E-state index in [1.54, 1.807) is 0 Å². The largest absolute Gasteiger partial charge is 0.481 e. The van der Waals surface area contributed by atoms with Crippen molar-refractivity contribution in [3.63, 3.8) is 0 Å². The molecule has 0 aliphatic carbocycles. The third-order valence-electron chi connectivity index (χ3n) is 0.183. The monoisotopic (exact) mass is 264 g/mol. The molecule has 0 aromatic heterocycles. The summed E-state index contributed by atoms with van der Waals surface area (Å²) in [4.78, 5) is 27.2. The van der Waals surface area contributed by atoms with Gasteiger partial charge in [-0.1, -0.05) is 0 Å². The molecule has 0 aromatic rings. The first-order valence-electron chi connectivity index (χ1n) is 2.03. The molecule has 0 bridgehead atoms. The molecule has 0 spiro atoms. The first kappa shape index (κ1) is 22.5. The standard InChI is InChI=1S/C2H2O4.C2H4O2.Co.Mn/c3-1(4)2(5)6;1-2(3)4;;/h(H,3,4)(H,5,6);1H3,(H,3,4);;. The summed E-state index contributed by atoms with van der Waals surface area (Å²) in [6.45, 7) is 1.08. The zero-order valence-electron chi connectivity index (χ0n) is 5.78. The number of hydrogen-bond donors (Lipinski definition) is 3. The summed E-state index contributed by atoms with van der Waals surface area (Å²) >= 11 is 0. The van der Waals surface area contributed by atoms with E-state index >= 15 is 0 Å². The molecule has 0 saturated heterocycles. The van der Waals surface area contributed by atoms with Crippen molar-refractivity contribution < 1.29 is 63.6 Å².